The number of hydrogen-bond acceptors (Lipinski definition) is 4. The van der Waals surface area contributed by atoms with Crippen molar-refractivity contribution in [1.82, 2.24) is 4.98 Å². The van der Waals surface area contributed by atoms with E-state index in [0.717, 1.165) is 11.3 Å². The Balaban J connectivity index is 2.33. The van der Waals surface area contributed by atoms with Crippen LogP contribution in [0, 0.1) is 6.92 Å². The maximum absolute atomic E-state index is 12.3. The maximum atomic E-state index is 12.3. The molecule has 7 heteroatoms. The van der Waals surface area contributed by atoms with Crippen LogP contribution in [0.2, 0.25) is 0 Å². The molecule has 0 aliphatic carbocycles. The molecule has 5 nitrogen and oxygen atoms in total. The molecule has 0 spiro atoms. The molecule has 112 valence electrons. The molecule has 2 rings (SSSR count). The molecular formula is C14H16BrN3O2S. The summed E-state index contributed by atoms with van der Waals surface area (Å²) in [6.07, 6.45) is 2.85. The highest BCUT2D eigenvalue weighted by atomic mass is 79.9. The minimum atomic E-state index is -3.65. The molecule has 0 radical (unpaired) electrons. The topological polar surface area (TPSA) is 62.3 Å². The van der Waals surface area contributed by atoms with Gasteiger partial charge in [0, 0.05) is 36.6 Å². The van der Waals surface area contributed by atoms with Gasteiger partial charge in [-0.1, -0.05) is 0 Å². The second-order valence-electron chi connectivity index (χ2n) is 4.84. The first-order valence-electron chi connectivity index (χ1n) is 6.21. The molecule has 0 bridgehead atoms. The van der Waals surface area contributed by atoms with Crippen molar-refractivity contribution in [1.29, 1.82) is 0 Å². The fraction of sp³-hybridized carbons (Fsp3) is 0.214. The van der Waals surface area contributed by atoms with Crippen LogP contribution in [0.3, 0.4) is 0 Å². The fourth-order valence-corrected chi connectivity index (χ4v) is 3.42. The van der Waals surface area contributed by atoms with Gasteiger partial charge in [-0.2, -0.15) is 0 Å². The number of anilines is 2. The Morgan fingerprint density at radius 1 is 1.19 bits per heavy atom. The van der Waals surface area contributed by atoms with E-state index in [4.69, 9.17) is 0 Å². The Kier molecular flexibility index (Phi) is 4.53. The summed E-state index contributed by atoms with van der Waals surface area (Å²) in [6.45, 7) is 1.87. The van der Waals surface area contributed by atoms with Crippen LogP contribution in [-0.4, -0.2) is 27.5 Å². The van der Waals surface area contributed by atoms with Crippen molar-refractivity contribution in [2.45, 2.75) is 11.8 Å². The van der Waals surface area contributed by atoms with Crippen LogP contribution in [0.5, 0.6) is 0 Å². The summed E-state index contributed by atoms with van der Waals surface area (Å²) >= 11 is 3.22. The lowest BCUT2D eigenvalue weighted by Gasteiger charge is -2.16. The average Bonchev–Trinajstić information content (AvgIpc) is 2.40. The number of pyridine rings is 1. The molecule has 0 amide bonds. The molecule has 0 saturated heterocycles. The van der Waals surface area contributed by atoms with Crippen molar-refractivity contribution < 1.29 is 8.42 Å². The highest BCUT2D eigenvalue weighted by molar-refractivity contribution is 9.10. The van der Waals surface area contributed by atoms with Crippen LogP contribution in [0.4, 0.5) is 11.4 Å². The van der Waals surface area contributed by atoms with E-state index >= 15 is 0 Å². The summed E-state index contributed by atoms with van der Waals surface area (Å²) < 4.78 is 27.9. The largest absolute Gasteiger partial charge is 0.378 e. The van der Waals surface area contributed by atoms with Crippen LogP contribution in [0.15, 0.2) is 46.0 Å². The van der Waals surface area contributed by atoms with E-state index < -0.39 is 10.0 Å². The second kappa shape index (κ2) is 6.03. The van der Waals surface area contributed by atoms with E-state index in [2.05, 4.69) is 25.6 Å². The van der Waals surface area contributed by atoms with Gasteiger partial charge in [-0.15, -0.1) is 0 Å². The molecule has 0 aliphatic heterocycles. The summed E-state index contributed by atoms with van der Waals surface area (Å²) in [7, 11) is 0.225. The van der Waals surface area contributed by atoms with Crippen LogP contribution >= 0.6 is 15.9 Å². The van der Waals surface area contributed by atoms with Gasteiger partial charge in [0.2, 0.25) is 0 Å². The Morgan fingerprint density at radius 2 is 1.90 bits per heavy atom. The van der Waals surface area contributed by atoms with Crippen molar-refractivity contribution in [3.05, 3.63) is 46.7 Å². The highest BCUT2D eigenvalue weighted by Crippen LogP contribution is 2.24. The highest BCUT2D eigenvalue weighted by Gasteiger charge is 2.16. The molecule has 1 aromatic heterocycles. The van der Waals surface area contributed by atoms with Gasteiger partial charge in [0.05, 0.1) is 5.69 Å². The van der Waals surface area contributed by atoms with E-state index in [-0.39, 0.29) is 4.90 Å². The molecule has 1 N–H and O–H groups in total. The minimum Gasteiger partial charge on any atom is -0.378 e. The van der Waals surface area contributed by atoms with Gasteiger partial charge in [-0.25, -0.2) is 8.42 Å². The van der Waals surface area contributed by atoms with Gasteiger partial charge in [-0.05, 0) is 52.7 Å². The van der Waals surface area contributed by atoms with Crippen LogP contribution in [-0.2, 0) is 10.0 Å². The third-order valence-corrected chi connectivity index (χ3v) is 4.73. The zero-order chi connectivity index (χ0) is 15.6. The SMILES string of the molecule is Cc1cc(N(C)C)ccc1NS(=O)(=O)c1cncc(Br)c1. The molecule has 0 aliphatic rings. The van der Waals surface area contributed by atoms with E-state index in [1.165, 1.54) is 18.5 Å². The number of nitrogens with zero attached hydrogens (tertiary/aromatic N) is 2. The van der Waals surface area contributed by atoms with Crippen LogP contribution in [0.25, 0.3) is 0 Å². The Bertz CT molecular complexity index is 761. The molecule has 0 fully saturated rings. The second-order valence-corrected chi connectivity index (χ2v) is 7.44. The van der Waals surface area contributed by atoms with Crippen molar-refractivity contribution in [2.24, 2.45) is 0 Å². The summed E-state index contributed by atoms with van der Waals surface area (Å²) in [6, 6.07) is 7.06. The van der Waals surface area contributed by atoms with Crippen molar-refractivity contribution in [3.63, 3.8) is 0 Å². The molecule has 1 aromatic carbocycles. The number of nitrogens with one attached hydrogen (secondary N) is 1. The predicted octanol–water partition coefficient (Wildman–Crippen LogP) is 3.02. The van der Waals surface area contributed by atoms with Gasteiger partial charge in [0.25, 0.3) is 10.0 Å². The number of halogens is 1. The summed E-state index contributed by atoms with van der Waals surface area (Å²) in [5.74, 6) is 0. The quantitative estimate of drug-likeness (QED) is 0.899. The lowest BCUT2D eigenvalue weighted by atomic mass is 10.2. The molecule has 21 heavy (non-hydrogen) atoms. The standard InChI is InChI=1S/C14H16BrN3O2S/c1-10-6-12(18(2)3)4-5-14(10)17-21(19,20)13-7-11(15)8-16-9-13/h4-9,17H,1-3H3. The van der Waals surface area contributed by atoms with Gasteiger partial charge < -0.3 is 4.90 Å². The number of aryl methyl sites for hydroxylation is 1. The Labute approximate surface area is 133 Å². The zero-order valence-corrected chi connectivity index (χ0v) is 14.4. The number of rotatable bonds is 4. The zero-order valence-electron chi connectivity index (χ0n) is 12.0. The minimum absolute atomic E-state index is 0.118. The molecule has 2 aromatic rings. The van der Waals surface area contributed by atoms with Crippen molar-refractivity contribution >= 4 is 37.3 Å². The van der Waals surface area contributed by atoms with E-state index in [0.29, 0.717) is 10.2 Å². The third-order valence-electron chi connectivity index (χ3n) is 2.96. The summed E-state index contributed by atoms with van der Waals surface area (Å²) in [5, 5.41) is 0. The Morgan fingerprint density at radius 3 is 2.48 bits per heavy atom. The average molecular weight is 370 g/mol. The fourth-order valence-electron chi connectivity index (χ4n) is 1.78. The van der Waals surface area contributed by atoms with E-state index in [9.17, 15) is 8.42 Å². The number of aromatic nitrogens is 1. The monoisotopic (exact) mass is 369 g/mol. The van der Waals surface area contributed by atoms with Crippen LogP contribution < -0.4 is 9.62 Å². The van der Waals surface area contributed by atoms with Crippen molar-refractivity contribution in [2.75, 3.05) is 23.7 Å². The third kappa shape index (κ3) is 3.74. The van der Waals surface area contributed by atoms with E-state index in [1.807, 2.05) is 38.1 Å². The van der Waals surface area contributed by atoms with Gasteiger partial charge >= 0.3 is 0 Å². The summed E-state index contributed by atoms with van der Waals surface area (Å²) in [4.78, 5) is 5.96. The van der Waals surface area contributed by atoms with Gasteiger partial charge in [-0.3, -0.25) is 9.71 Å². The lowest BCUT2D eigenvalue weighted by molar-refractivity contribution is 0.600. The molecule has 0 unspecified atom stereocenters. The summed E-state index contributed by atoms with van der Waals surface area (Å²) in [5.41, 5.74) is 2.42. The first-order chi connectivity index (χ1) is 9.79. The number of benzene rings is 1. The normalized spacial score (nSPS) is 11.2. The molecule has 1 heterocycles. The van der Waals surface area contributed by atoms with Crippen molar-refractivity contribution in [3.8, 4) is 0 Å². The lowest BCUT2D eigenvalue weighted by Crippen LogP contribution is -2.15. The van der Waals surface area contributed by atoms with E-state index in [1.54, 1.807) is 6.07 Å². The number of sulfonamides is 1. The first-order valence-corrected chi connectivity index (χ1v) is 8.48. The molecule has 0 atom stereocenters. The Hall–Kier alpha value is -1.60. The van der Waals surface area contributed by atoms with Gasteiger partial charge in [0.1, 0.15) is 4.90 Å². The van der Waals surface area contributed by atoms with Gasteiger partial charge in [0.15, 0.2) is 0 Å². The first kappa shape index (κ1) is 15.8. The maximum Gasteiger partial charge on any atom is 0.263 e. The predicted molar refractivity (Wildman–Crippen MR) is 88.3 cm³/mol. The van der Waals surface area contributed by atoms with Crippen LogP contribution in [0.1, 0.15) is 5.56 Å². The smallest absolute Gasteiger partial charge is 0.263 e. The molecular weight excluding hydrogens is 354 g/mol. The number of hydrogen-bond donors (Lipinski definition) is 1. The molecule has 0 saturated carbocycles.